The lowest BCUT2D eigenvalue weighted by molar-refractivity contribution is -0.104. The minimum atomic E-state index is 0.321. The van der Waals surface area contributed by atoms with Gasteiger partial charge in [-0.1, -0.05) is 50.1 Å². The van der Waals surface area contributed by atoms with Crippen LogP contribution in [-0.4, -0.2) is 6.29 Å². The maximum absolute atomic E-state index is 10.9. The van der Waals surface area contributed by atoms with Gasteiger partial charge in [-0.25, -0.2) is 0 Å². The number of unbranched alkanes of at least 4 members (excludes halogenated alkanes) is 1. The van der Waals surface area contributed by atoms with Crippen molar-refractivity contribution in [3.05, 3.63) is 53.7 Å². The molecule has 2 nitrogen and oxygen atoms in total. The predicted molar refractivity (Wildman–Crippen MR) is 84.0 cm³/mol. The van der Waals surface area contributed by atoms with E-state index in [9.17, 15) is 4.79 Å². The number of carbonyl (C=O) groups excluding carboxylic acids is 1. The van der Waals surface area contributed by atoms with Crippen molar-refractivity contribution < 1.29 is 4.79 Å². The van der Waals surface area contributed by atoms with Crippen molar-refractivity contribution in [2.45, 2.75) is 32.1 Å². The molecule has 2 heteroatoms. The van der Waals surface area contributed by atoms with Crippen molar-refractivity contribution in [2.75, 3.05) is 5.32 Å². The lowest BCUT2D eigenvalue weighted by Crippen LogP contribution is -2.01. The molecular weight excluding hydrogens is 246 g/mol. The van der Waals surface area contributed by atoms with Crippen LogP contribution in [0.4, 0.5) is 5.69 Å². The minimum absolute atomic E-state index is 0.321. The number of hydrogen-bond acceptors (Lipinski definition) is 2. The zero-order chi connectivity index (χ0) is 13.9. The van der Waals surface area contributed by atoms with Gasteiger partial charge in [0.05, 0.1) is 0 Å². The van der Waals surface area contributed by atoms with Crippen molar-refractivity contribution in [3.8, 4) is 0 Å². The molecule has 2 aromatic carbocycles. The van der Waals surface area contributed by atoms with Gasteiger partial charge in [0.1, 0.15) is 6.29 Å². The number of anilines is 1. The molecule has 0 saturated heterocycles. The first kappa shape index (κ1) is 12.9. The summed E-state index contributed by atoms with van der Waals surface area (Å²) < 4.78 is 0. The SMILES string of the molecule is CCCCC1C(=CC=O)Nc2ccc3ccccc3c21. The molecular formula is C18H19NO. The van der Waals surface area contributed by atoms with Gasteiger partial charge in [-0.15, -0.1) is 0 Å². The summed E-state index contributed by atoms with van der Waals surface area (Å²) in [5.74, 6) is 0.321. The van der Waals surface area contributed by atoms with Gasteiger partial charge in [0, 0.05) is 17.3 Å². The molecule has 2 aromatic rings. The van der Waals surface area contributed by atoms with Gasteiger partial charge in [0.15, 0.2) is 0 Å². The molecule has 102 valence electrons. The molecule has 0 fully saturated rings. The third-order valence-corrected chi connectivity index (χ3v) is 4.07. The Labute approximate surface area is 119 Å². The van der Waals surface area contributed by atoms with E-state index < -0.39 is 0 Å². The van der Waals surface area contributed by atoms with Gasteiger partial charge < -0.3 is 5.32 Å². The van der Waals surface area contributed by atoms with E-state index in [1.165, 1.54) is 29.2 Å². The summed E-state index contributed by atoms with van der Waals surface area (Å²) in [5.41, 5.74) is 3.54. The van der Waals surface area contributed by atoms with Crippen molar-refractivity contribution in [1.29, 1.82) is 0 Å². The van der Waals surface area contributed by atoms with Gasteiger partial charge in [-0.3, -0.25) is 4.79 Å². The monoisotopic (exact) mass is 265 g/mol. The second kappa shape index (κ2) is 5.49. The molecule has 1 aliphatic rings. The molecule has 20 heavy (non-hydrogen) atoms. The second-order valence-corrected chi connectivity index (χ2v) is 5.33. The lowest BCUT2D eigenvalue weighted by atomic mass is 9.89. The minimum Gasteiger partial charge on any atom is -0.358 e. The summed E-state index contributed by atoms with van der Waals surface area (Å²) in [4.78, 5) is 10.9. The first-order valence-electron chi connectivity index (χ1n) is 7.29. The van der Waals surface area contributed by atoms with Crippen LogP contribution in [0.25, 0.3) is 10.8 Å². The molecule has 0 saturated carbocycles. The van der Waals surface area contributed by atoms with Crippen LogP contribution in [0.3, 0.4) is 0 Å². The molecule has 1 unspecified atom stereocenters. The van der Waals surface area contributed by atoms with Crippen molar-refractivity contribution in [3.63, 3.8) is 0 Å². The molecule has 1 atom stereocenters. The van der Waals surface area contributed by atoms with E-state index in [2.05, 4.69) is 48.6 Å². The highest BCUT2D eigenvalue weighted by atomic mass is 16.1. The average Bonchev–Trinajstić information content (AvgIpc) is 2.83. The summed E-state index contributed by atoms with van der Waals surface area (Å²) >= 11 is 0. The average molecular weight is 265 g/mol. The fourth-order valence-corrected chi connectivity index (χ4v) is 3.12. The molecule has 1 heterocycles. The Hall–Kier alpha value is -2.09. The Morgan fingerprint density at radius 3 is 2.85 bits per heavy atom. The number of allylic oxidation sites excluding steroid dienone is 2. The van der Waals surface area contributed by atoms with Crippen LogP contribution >= 0.6 is 0 Å². The van der Waals surface area contributed by atoms with E-state index in [0.29, 0.717) is 5.92 Å². The van der Waals surface area contributed by atoms with Crippen LogP contribution in [0.15, 0.2) is 48.2 Å². The van der Waals surface area contributed by atoms with Crippen LogP contribution in [0.2, 0.25) is 0 Å². The smallest absolute Gasteiger partial charge is 0.144 e. The fraction of sp³-hybridized carbons (Fsp3) is 0.278. The Bertz CT molecular complexity index is 672. The Morgan fingerprint density at radius 1 is 1.20 bits per heavy atom. The second-order valence-electron chi connectivity index (χ2n) is 5.33. The van der Waals surface area contributed by atoms with Gasteiger partial charge in [0.2, 0.25) is 0 Å². The topological polar surface area (TPSA) is 29.1 Å². The van der Waals surface area contributed by atoms with E-state index >= 15 is 0 Å². The molecule has 0 spiro atoms. The van der Waals surface area contributed by atoms with Crippen LogP contribution in [-0.2, 0) is 4.79 Å². The molecule has 0 radical (unpaired) electrons. The molecule has 0 bridgehead atoms. The molecule has 0 aliphatic carbocycles. The number of carbonyl (C=O) groups is 1. The Balaban J connectivity index is 2.14. The summed E-state index contributed by atoms with van der Waals surface area (Å²) in [6.45, 7) is 2.20. The summed E-state index contributed by atoms with van der Waals surface area (Å²) in [6, 6.07) is 12.7. The number of rotatable bonds is 4. The van der Waals surface area contributed by atoms with Crippen LogP contribution < -0.4 is 5.32 Å². The van der Waals surface area contributed by atoms with Crippen molar-refractivity contribution in [2.24, 2.45) is 0 Å². The highest BCUT2D eigenvalue weighted by molar-refractivity contribution is 5.93. The van der Waals surface area contributed by atoms with Gasteiger partial charge in [0.25, 0.3) is 0 Å². The van der Waals surface area contributed by atoms with Gasteiger partial charge in [-0.2, -0.15) is 0 Å². The molecule has 0 amide bonds. The normalized spacial score (nSPS) is 19.1. The summed E-state index contributed by atoms with van der Waals surface area (Å²) in [7, 11) is 0. The van der Waals surface area contributed by atoms with E-state index in [1.807, 2.05) is 0 Å². The Kier molecular flexibility index (Phi) is 3.55. The number of benzene rings is 2. The van der Waals surface area contributed by atoms with Crippen molar-refractivity contribution in [1.82, 2.24) is 0 Å². The zero-order valence-corrected chi connectivity index (χ0v) is 11.7. The Morgan fingerprint density at radius 2 is 2.05 bits per heavy atom. The third-order valence-electron chi connectivity index (χ3n) is 4.07. The maximum atomic E-state index is 10.9. The number of aldehydes is 1. The number of fused-ring (bicyclic) bond motifs is 3. The number of hydrogen-bond donors (Lipinski definition) is 1. The zero-order valence-electron chi connectivity index (χ0n) is 11.7. The third kappa shape index (κ3) is 2.11. The quantitative estimate of drug-likeness (QED) is 0.645. The van der Waals surface area contributed by atoms with E-state index in [0.717, 1.165) is 24.1 Å². The predicted octanol–water partition coefficient (Wildman–Crippen LogP) is 4.62. The van der Waals surface area contributed by atoms with E-state index in [-0.39, 0.29) is 0 Å². The highest BCUT2D eigenvalue weighted by Crippen LogP contribution is 2.44. The molecule has 3 rings (SSSR count). The van der Waals surface area contributed by atoms with Crippen LogP contribution in [0.5, 0.6) is 0 Å². The molecule has 1 aliphatic heterocycles. The first-order valence-corrected chi connectivity index (χ1v) is 7.29. The molecule has 1 N–H and O–H groups in total. The van der Waals surface area contributed by atoms with Gasteiger partial charge in [-0.05, 0) is 34.9 Å². The largest absolute Gasteiger partial charge is 0.358 e. The first-order chi connectivity index (χ1) is 9.85. The summed E-state index contributed by atoms with van der Waals surface area (Å²) in [6.07, 6.45) is 5.99. The summed E-state index contributed by atoms with van der Waals surface area (Å²) in [5, 5.41) is 5.98. The number of nitrogens with one attached hydrogen (secondary N) is 1. The van der Waals surface area contributed by atoms with E-state index in [1.54, 1.807) is 6.08 Å². The molecule has 0 aromatic heterocycles. The van der Waals surface area contributed by atoms with Crippen LogP contribution in [0.1, 0.15) is 37.7 Å². The maximum Gasteiger partial charge on any atom is 0.144 e. The standard InChI is InChI=1S/C18H19NO/c1-2-3-7-15-16(11-12-20)19-17-10-9-13-6-4-5-8-14(13)18(15)17/h4-6,8-12,15,19H,2-3,7H2,1H3. The van der Waals surface area contributed by atoms with E-state index in [4.69, 9.17) is 0 Å². The lowest BCUT2D eigenvalue weighted by Gasteiger charge is -2.13. The fourth-order valence-electron chi connectivity index (χ4n) is 3.12. The van der Waals surface area contributed by atoms with Crippen LogP contribution in [0, 0.1) is 0 Å². The van der Waals surface area contributed by atoms with Crippen molar-refractivity contribution >= 4 is 22.7 Å². The van der Waals surface area contributed by atoms with Gasteiger partial charge >= 0.3 is 0 Å². The highest BCUT2D eigenvalue weighted by Gasteiger charge is 2.28.